The predicted octanol–water partition coefficient (Wildman–Crippen LogP) is 4.68. The van der Waals surface area contributed by atoms with E-state index in [4.69, 9.17) is 26.1 Å². The molecule has 1 saturated heterocycles. The number of aliphatic carboxylic acids is 1. The summed E-state index contributed by atoms with van der Waals surface area (Å²) in [6.45, 7) is 0.436. The van der Waals surface area contributed by atoms with Crippen LogP contribution in [0, 0.1) is 5.92 Å². The van der Waals surface area contributed by atoms with Gasteiger partial charge in [0.2, 0.25) is 0 Å². The minimum absolute atomic E-state index is 0.00792. The number of carbonyl (C=O) groups is 1. The Morgan fingerprint density at radius 2 is 2.03 bits per heavy atom. The molecule has 3 N–H and O–H groups in total. The number of nitrogens with one attached hydrogen (secondary N) is 1. The van der Waals surface area contributed by atoms with Crippen LogP contribution in [0.3, 0.4) is 0 Å². The number of pyridine rings is 1. The molecular formula is C25H25ClN2O5. The molecule has 3 atom stereocenters. The maximum absolute atomic E-state index is 11.2. The summed E-state index contributed by atoms with van der Waals surface area (Å²) in [7, 11) is 0. The summed E-state index contributed by atoms with van der Waals surface area (Å²) in [4.78, 5) is 19.1. The fraction of sp³-hybridized carbons (Fsp3) is 0.360. The quantitative estimate of drug-likeness (QED) is 0.485. The van der Waals surface area contributed by atoms with Gasteiger partial charge in [-0.15, -0.1) is 0 Å². The van der Waals surface area contributed by atoms with Crippen LogP contribution in [0.2, 0.25) is 5.02 Å². The van der Waals surface area contributed by atoms with Crippen LogP contribution >= 0.6 is 11.6 Å². The molecule has 172 valence electrons. The van der Waals surface area contributed by atoms with E-state index in [1.807, 2.05) is 42.5 Å². The molecule has 1 aromatic carbocycles. The summed E-state index contributed by atoms with van der Waals surface area (Å²) in [5.41, 5.74) is 5.41. The Labute approximate surface area is 196 Å². The monoisotopic (exact) mass is 468 g/mol. The maximum Gasteiger partial charge on any atom is 0.306 e. The van der Waals surface area contributed by atoms with Gasteiger partial charge in [-0.3, -0.25) is 4.79 Å². The number of aliphatic hydroxyl groups excluding tert-OH is 1. The molecule has 2 aromatic heterocycles. The number of aromatic amines is 1. The summed E-state index contributed by atoms with van der Waals surface area (Å²) < 4.78 is 11.4. The zero-order valence-electron chi connectivity index (χ0n) is 18.0. The molecule has 0 bridgehead atoms. The van der Waals surface area contributed by atoms with Crippen molar-refractivity contribution in [3.8, 4) is 17.1 Å². The first-order valence-electron chi connectivity index (χ1n) is 11.1. The minimum Gasteiger partial charge on any atom is -0.481 e. The number of fused-ring (bicyclic) bond motifs is 1. The number of rotatable bonds is 6. The number of nitrogens with zero attached hydrogens (tertiary/aromatic N) is 1. The summed E-state index contributed by atoms with van der Waals surface area (Å²) in [5.74, 6) is -0.409. The largest absolute Gasteiger partial charge is 0.481 e. The van der Waals surface area contributed by atoms with E-state index >= 15 is 0 Å². The van der Waals surface area contributed by atoms with E-state index in [1.165, 1.54) is 5.57 Å². The van der Waals surface area contributed by atoms with Crippen LogP contribution in [0.25, 0.3) is 27.9 Å². The van der Waals surface area contributed by atoms with E-state index in [0.717, 1.165) is 28.6 Å². The second kappa shape index (κ2) is 9.17. The van der Waals surface area contributed by atoms with Crippen LogP contribution in [0.5, 0.6) is 5.88 Å². The first kappa shape index (κ1) is 21.9. The summed E-state index contributed by atoms with van der Waals surface area (Å²) in [6.07, 6.45) is 4.39. The molecule has 0 amide bonds. The normalized spacial score (nSPS) is 23.0. The molecule has 33 heavy (non-hydrogen) atoms. The molecule has 3 heterocycles. The third kappa shape index (κ3) is 4.62. The van der Waals surface area contributed by atoms with Crippen molar-refractivity contribution >= 4 is 34.2 Å². The highest BCUT2D eigenvalue weighted by Gasteiger charge is 2.27. The first-order valence-corrected chi connectivity index (χ1v) is 11.5. The maximum atomic E-state index is 11.2. The zero-order chi connectivity index (χ0) is 22.9. The van der Waals surface area contributed by atoms with Gasteiger partial charge in [0.25, 0.3) is 0 Å². The van der Waals surface area contributed by atoms with Gasteiger partial charge in [0.15, 0.2) is 5.88 Å². The van der Waals surface area contributed by atoms with E-state index in [1.54, 1.807) is 0 Å². The van der Waals surface area contributed by atoms with Crippen molar-refractivity contribution in [2.45, 2.75) is 37.9 Å². The number of H-pyrrole nitrogens is 1. The fourth-order valence-electron chi connectivity index (χ4n) is 4.50. The van der Waals surface area contributed by atoms with Crippen LogP contribution in [0.15, 0.2) is 42.5 Å². The fourth-order valence-corrected chi connectivity index (χ4v) is 4.76. The van der Waals surface area contributed by atoms with E-state index in [9.17, 15) is 15.0 Å². The van der Waals surface area contributed by atoms with Crippen LogP contribution in [-0.2, 0) is 9.53 Å². The van der Waals surface area contributed by atoms with Crippen molar-refractivity contribution in [1.29, 1.82) is 0 Å². The molecule has 0 saturated carbocycles. The second-order valence-corrected chi connectivity index (χ2v) is 9.02. The Bertz CT molecular complexity index is 1200. The molecule has 1 aliphatic heterocycles. The average Bonchev–Trinajstić information content (AvgIpc) is 3.44. The molecule has 1 fully saturated rings. The lowest BCUT2D eigenvalue weighted by Crippen LogP contribution is -2.17. The van der Waals surface area contributed by atoms with Gasteiger partial charge in [0, 0.05) is 18.1 Å². The van der Waals surface area contributed by atoms with E-state index in [-0.39, 0.29) is 24.7 Å². The number of carboxylic acid groups (broad SMARTS) is 1. The number of benzene rings is 1. The third-order valence-corrected chi connectivity index (χ3v) is 6.65. The van der Waals surface area contributed by atoms with Crippen LogP contribution < -0.4 is 4.74 Å². The molecule has 0 radical (unpaired) electrons. The predicted molar refractivity (Wildman–Crippen MR) is 125 cm³/mol. The lowest BCUT2D eigenvalue weighted by atomic mass is 9.86. The Morgan fingerprint density at radius 3 is 2.70 bits per heavy atom. The smallest absolute Gasteiger partial charge is 0.306 e. The van der Waals surface area contributed by atoms with Crippen LogP contribution in [-0.4, -0.2) is 51.6 Å². The molecule has 2 aliphatic rings. The molecule has 1 aliphatic carbocycles. The van der Waals surface area contributed by atoms with Gasteiger partial charge in [-0.2, -0.15) is 0 Å². The van der Waals surface area contributed by atoms with Crippen molar-refractivity contribution in [2.24, 2.45) is 5.92 Å². The molecule has 5 rings (SSSR count). The number of aliphatic hydroxyl groups is 1. The first-order chi connectivity index (χ1) is 16.0. The highest BCUT2D eigenvalue weighted by Crippen LogP contribution is 2.34. The van der Waals surface area contributed by atoms with Gasteiger partial charge in [-0.05, 0) is 36.5 Å². The van der Waals surface area contributed by atoms with E-state index < -0.39 is 5.97 Å². The van der Waals surface area contributed by atoms with Crippen molar-refractivity contribution < 1.29 is 24.5 Å². The number of allylic oxidation sites excluding steroid dienone is 2. The van der Waals surface area contributed by atoms with Crippen molar-refractivity contribution in [2.75, 3.05) is 13.2 Å². The zero-order valence-corrected chi connectivity index (χ0v) is 18.7. The van der Waals surface area contributed by atoms with Gasteiger partial charge >= 0.3 is 5.97 Å². The lowest BCUT2D eigenvalue weighted by Gasteiger charge is -2.19. The Balaban J connectivity index is 1.34. The summed E-state index contributed by atoms with van der Waals surface area (Å²) >= 11 is 6.55. The molecule has 3 aromatic rings. The van der Waals surface area contributed by atoms with Crippen molar-refractivity contribution in [1.82, 2.24) is 9.97 Å². The van der Waals surface area contributed by atoms with E-state index in [0.29, 0.717) is 42.5 Å². The molecule has 2 unspecified atom stereocenters. The van der Waals surface area contributed by atoms with Crippen molar-refractivity contribution in [3.05, 3.63) is 53.1 Å². The minimum atomic E-state index is -0.721. The standard InChI is InChI=1S/C25H25ClN2O5/c26-20-10-21-22(11-23(27-21)33-19-9-18(12-29)32-13-19)28-24(20)16-5-1-14(2-6-16)15-3-7-17(8-4-15)25(30)31/h1-3,5-6,10-11,17-19,27,29H,4,7-9,12-13H2,(H,30,31)/t17?,18?,19-/m0/s1. The van der Waals surface area contributed by atoms with Gasteiger partial charge in [0.05, 0.1) is 47.0 Å². The third-order valence-electron chi connectivity index (χ3n) is 6.36. The highest BCUT2D eigenvalue weighted by molar-refractivity contribution is 6.33. The Hall–Kier alpha value is -2.87. The van der Waals surface area contributed by atoms with Gasteiger partial charge in [-0.25, -0.2) is 4.98 Å². The Morgan fingerprint density at radius 1 is 1.24 bits per heavy atom. The van der Waals surface area contributed by atoms with E-state index in [2.05, 4.69) is 4.98 Å². The van der Waals surface area contributed by atoms with Gasteiger partial charge in [0.1, 0.15) is 6.10 Å². The summed E-state index contributed by atoms with van der Waals surface area (Å²) in [5, 5.41) is 18.9. The SMILES string of the molecule is O=C(O)C1CC=C(c2ccc(-c3nc4cc(O[C@@H]5COC(CO)C5)[nH]c4cc3Cl)cc2)CC1. The summed E-state index contributed by atoms with van der Waals surface area (Å²) in [6, 6.07) is 11.8. The average molecular weight is 469 g/mol. The van der Waals surface area contributed by atoms with Gasteiger partial charge < -0.3 is 24.7 Å². The number of ether oxygens (including phenoxy) is 2. The number of hydrogen-bond donors (Lipinski definition) is 3. The number of hydrogen-bond acceptors (Lipinski definition) is 5. The molecule has 8 heteroatoms. The second-order valence-electron chi connectivity index (χ2n) is 8.61. The highest BCUT2D eigenvalue weighted by atomic mass is 35.5. The van der Waals surface area contributed by atoms with Crippen LogP contribution in [0.1, 0.15) is 31.2 Å². The Kier molecular flexibility index (Phi) is 6.10. The topological polar surface area (TPSA) is 105 Å². The molecule has 7 nitrogen and oxygen atoms in total. The number of carboxylic acids is 1. The molecule has 0 spiro atoms. The van der Waals surface area contributed by atoms with Crippen molar-refractivity contribution in [3.63, 3.8) is 0 Å². The number of halogens is 1. The van der Waals surface area contributed by atoms with Gasteiger partial charge in [-0.1, -0.05) is 41.9 Å². The number of aromatic nitrogens is 2. The van der Waals surface area contributed by atoms with Crippen LogP contribution in [0.4, 0.5) is 0 Å². The lowest BCUT2D eigenvalue weighted by molar-refractivity contribution is -0.141. The molecular weight excluding hydrogens is 444 g/mol.